The first-order chi connectivity index (χ1) is 35.3. The summed E-state index contributed by atoms with van der Waals surface area (Å²) in [7, 11) is 0. The molecule has 4 heterocycles. The predicted octanol–water partition coefficient (Wildman–Crippen LogP) is -1.68. The summed E-state index contributed by atoms with van der Waals surface area (Å²) < 4.78 is 55.8. The van der Waals surface area contributed by atoms with Crippen LogP contribution in [0.1, 0.15) is 114 Å². The predicted molar refractivity (Wildman–Crippen MR) is 253 cm³/mol. The topological polar surface area (TPSA) is 377 Å². The lowest BCUT2D eigenvalue weighted by molar-refractivity contribution is -0.396. The van der Waals surface area contributed by atoms with Crippen LogP contribution in [0.25, 0.3) is 0 Å². The lowest BCUT2D eigenvalue weighted by Gasteiger charge is -2.75. The molecule has 0 unspecified atom stereocenters. The minimum Gasteiger partial charge on any atom is -0.479 e. The van der Waals surface area contributed by atoms with Crippen LogP contribution in [-0.4, -0.2) is 221 Å². The van der Waals surface area contributed by atoms with Crippen LogP contribution >= 0.6 is 0 Å². The van der Waals surface area contributed by atoms with Crippen LogP contribution in [0.2, 0.25) is 0 Å². The number of esters is 2. The number of aliphatic hydroxyl groups is 11. The zero-order valence-corrected chi connectivity index (χ0v) is 44.6. The van der Waals surface area contributed by atoms with Gasteiger partial charge in [-0.1, -0.05) is 48.5 Å². The summed E-state index contributed by atoms with van der Waals surface area (Å²) in [5.41, 5.74) is -5.81. The van der Waals surface area contributed by atoms with Gasteiger partial charge in [-0.05, 0) is 84.9 Å². The lowest BCUT2D eigenvalue weighted by atomic mass is 9.30. The van der Waals surface area contributed by atoms with Crippen molar-refractivity contribution < 1.29 is 118 Å². The van der Waals surface area contributed by atoms with Crippen LogP contribution in [0.15, 0.2) is 0 Å². The van der Waals surface area contributed by atoms with Crippen molar-refractivity contribution in [2.75, 3.05) is 13.2 Å². The number of rotatable bonds is 11. The first-order valence-electron chi connectivity index (χ1n) is 26.9. The Hall–Kier alpha value is -2.31. The van der Waals surface area contributed by atoms with E-state index in [0.717, 1.165) is 0 Å². The number of carboxylic acid groups (broad SMARTS) is 1. The summed E-state index contributed by atoms with van der Waals surface area (Å²) in [6, 6.07) is 0. The van der Waals surface area contributed by atoms with E-state index in [1.807, 2.05) is 27.7 Å². The third-order valence-corrected chi connectivity index (χ3v) is 21.3. The molecule has 4 aliphatic heterocycles. The molecule has 5 saturated carbocycles. The fourth-order valence-corrected chi connectivity index (χ4v) is 17.4. The fourth-order valence-electron chi connectivity index (χ4n) is 17.4. The van der Waals surface area contributed by atoms with Gasteiger partial charge in [0.1, 0.15) is 84.8 Å². The molecule has 0 radical (unpaired) electrons. The standard InChI is InChI=1S/C52H82O24/c1-20(55)68-28-17-50(9)49(8)14-10-24-47(5,6)27(12-13-48(24,7)25(49)11-15-51(50)26-16-46(3,4)39(64)40(69-21(2)56)52(26,28)45(67)76-51)72-44-38(75-43-34(62)32(60)30(58)23(19-54)71-43)36(35(63)37(74-44)41(65)66)73-42-33(61)31(59)29(57)22(18-53)70-42/h22-40,42-45,53-54,57-64,67H,10-19H2,1-9H3,(H,65,66)/t22-,23-,24+,25-,26-,27+,28-,29-,30-,31+,32+,33-,34-,35+,36+,37+,38-,39+,40+,42+,43+,44-,45+,48+,49-,50+,51+,52-/m1/s1. The quantitative estimate of drug-likeness (QED) is 0.0812. The van der Waals surface area contributed by atoms with Gasteiger partial charge in [0.15, 0.2) is 31.3 Å². The highest BCUT2D eigenvalue weighted by Crippen LogP contribution is 2.82. The van der Waals surface area contributed by atoms with Crippen molar-refractivity contribution in [1.82, 2.24) is 0 Å². The van der Waals surface area contributed by atoms with E-state index >= 15 is 0 Å². The number of hydrogen-bond acceptors (Lipinski definition) is 23. The number of aliphatic hydroxyl groups excluding tert-OH is 11. The van der Waals surface area contributed by atoms with E-state index in [1.54, 1.807) is 0 Å². The smallest absolute Gasteiger partial charge is 0.335 e. The average molecular weight is 1090 g/mol. The maximum absolute atomic E-state index is 13.2. The molecule has 0 amide bonds. The van der Waals surface area contributed by atoms with E-state index in [-0.39, 0.29) is 18.3 Å². The third kappa shape index (κ3) is 8.39. The van der Waals surface area contributed by atoms with Gasteiger partial charge in [0.05, 0.1) is 31.0 Å². The maximum Gasteiger partial charge on any atom is 0.335 e. The second-order valence-corrected chi connectivity index (χ2v) is 25.7. The second-order valence-electron chi connectivity index (χ2n) is 25.7. The summed E-state index contributed by atoms with van der Waals surface area (Å²) in [4.78, 5) is 38.9. The van der Waals surface area contributed by atoms with Gasteiger partial charge in [-0.2, -0.15) is 0 Å². The van der Waals surface area contributed by atoms with Crippen molar-refractivity contribution in [3.05, 3.63) is 0 Å². The van der Waals surface area contributed by atoms with Crippen LogP contribution in [0.3, 0.4) is 0 Å². The Labute approximate surface area is 440 Å². The SMILES string of the molecule is CC(=O)O[C@@H]1C[C@]2(C)[C@@]3(CC[C@@H]4[C@@]5(C)CC[C@H](O[C@@H]6O[C@H](C(=O)O)[C@@H](O)[C@H](O[C@@H]7O[C@H](CO)[C@@H](O)[C@H](O)[C@H]7O)[C@H]6O[C@@H]6O[C@H](CO)[C@@H](O)[C@H](O)[C@H]6O)C(C)(C)[C@@H]5CC[C@]42C)O[C@H](O)[C@@]12[C@@H](OC(C)=O)[C@H](O)C(C)(C)C[C@@H]23. The number of carbonyl (C=O) groups is 3. The number of aliphatic carboxylic acids is 1. The Balaban J connectivity index is 1.05. The molecule has 4 saturated heterocycles. The zero-order valence-electron chi connectivity index (χ0n) is 44.6. The molecule has 24 heteroatoms. The molecule has 0 aromatic rings. The number of ether oxygens (including phenoxy) is 9. The van der Waals surface area contributed by atoms with Crippen molar-refractivity contribution in [3.8, 4) is 0 Å². The summed E-state index contributed by atoms with van der Waals surface area (Å²) in [6.07, 6.45) is -30.3. The number of carboxylic acids is 1. The summed E-state index contributed by atoms with van der Waals surface area (Å²) in [5, 5.41) is 131. The van der Waals surface area contributed by atoms with Crippen LogP contribution in [0.4, 0.5) is 0 Å². The van der Waals surface area contributed by atoms with Crippen molar-refractivity contribution in [2.24, 2.45) is 50.2 Å². The molecular formula is C52H82O24. The van der Waals surface area contributed by atoms with Crippen LogP contribution < -0.4 is 0 Å². The number of carbonyl (C=O) groups excluding carboxylic acids is 2. The molecule has 9 fully saturated rings. The van der Waals surface area contributed by atoms with Crippen LogP contribution in [0, 0.1) is 50.2 Å². The van der Waals surface area contributed by atoms with E-state index in [9.17, 15) is 75.7 Å². The van der Waals surface area contributed by atoms with Gasteiger partial charge in [-0.3, -0.25) is 9.59 Å². The first-order valence-corrected chi connectivity index (χ1v) is 26.9. The molecule has 28 atom stereocenters. The van der Waals surface area contributed by atoms with Crippen molar-refractivity contribution >= 4 is 17.9 Å². The molecule has 12 N–H and O–H groups in total. The molecule has 24 nitrogen and oxygen atoms in total. The van der Waals surface area contributed by atoms with Gasteiger partial charge in [-0.15, -0.1) is 0 Å². The summed E-state index contributed by atoms with van der Waals surface area (Å²) >= 11 is 0. The van der Waals surface area contributed by atoms with Crippen molar-refractivity contribution in [2.45, 2.75) is 242 Å². The average Bonchev–Trinajstić information content (AvgIpc) is 3.59. The molecule has 0 aromatic heterocycles. The molecule has 0 aromatic carbocycles. The van der Waals surface area contributed by atoms with E-state index in [2.05, 4.69) is 20.8 Å². The van der Waals surface area contributed by atoms with Gasteiger partial charge >= 0.3 is 17.9 Å². The molecule has 76 heavy (non-hydrogen) atoms. The van der Waals surface area contributed by atoms with Crippen LogP contribution in [0.5, 0.6) is 0 Å². The highest BCUT2D eigenvalue weighted by Gasteiger charge is 2.86. The largest absolute Gasteiger partial charge is 0.479 e. The first kappa shape index (κ1) is 58.3. The number of hydrogen-bond donors (Lipinski definition) is 12. The van der Waals surface area contributed by atoms with Gasteiger partial charge in [0.25, 0.3) is 0 Å². The molecule has 5 aliphatic carbocycles. The molecular weight excluding hydrogens is 1010 g/mol. The van der Waals surface area contributed by atoms with E-state index in [4.69, 9.17) is 42.6 Å². The fraction of sp³-hybridized carbons (Fsp3) is 0.942. The lowest BCUT2D eigenvalue weighted by Crippen LogP contribution is -2.77. The third-order valence-electron chi connectivity index (χ3n) is 21.3. The van der Waals surface area contributed by atoms with Gasteiger partial charge in [-0.25, -0.2) is 4.79 Å². The zero-order chi connectivity index (χ0) is 55.9. The van der Waals surface area contributed by atoms with Gasteiger partial charge < -0.3 is 104 Å². The Kier molecular flexibility index (Phi) is 15.4. The Bertz CT molecular complexity index is 2180. The maximum atomic E-state index is 13.2. The van der Waals surface area contributed by atoms with Crippen LogP contribution in [-0.2, 0) is 57.0 Å². The van der Waals surface area contributed by atoms with E-state index in [1.165, 1.54) is 13.8 Å². The molecule has 1 spiro atoms. The summed E-state index contributed by atoms with van der Waals surface area (Å²) in [6.45, 7) is 15.4. The monoisotopic (exact) mass is 1090 g/mol. The second kappa shape index (κ2) is 20.0. The normalized spacial score (nSPS) is 54.2. The van der Waals surface area contributed by atoms with Crippen molar-refractivity contribution in [3.63, 3.8) is 0 Å². The minimum atomic E-state index is -2.18. The highest BCUT2D eigenvalue weighted by atomic mass is 16.8. The minimum absolute atomic E-state index is 0.0102. The molecule has 2 bridgehead atoms. The van der Waals surface area contributed by atoms with Gasteiger partial charge in [0, 0.05) is 25.2 Å². The molecule has 9 rings (SSSR count). The Morgan fingerprint density at radius 3 is 1.66 bits per heavy atom. The number of fused-ring (bicyclic) bond motifs is 4. The van der Waals surface area contributed by atoms with E-state index < -0.39 is 198 Å². The van der Waals surface area contributed by atoms with Crippen molar-refractivity contribution in [1.29, 1.82) is 0 Å². The summed E-state index contributed by atoms with van der Waals surface area (Å²) in [5.74, 6) is -3.56. The molecule has 9 aliphatic rings. The van der Waals surface area contributed by atoms with E-state index in [0.29, 0.717) is 44.9 Å². The highest BCUT2D eigenvalue weighted by molar-refractivity contribution is 5.73. The Morgan fingerprint density at radius 1 is 0.566 bits per heavy atom. The molecule has 434 valence electrons. The van der Waals surface area contributed by atoms with Gasteiger partial charge in [0.2, 0.25) is 0 Å². The Morgan fingerprint density at radius 2 is 1.12 bits per heavy atom.